The number of aromatic nitrogens is 1. The summed E-state index contributed by atoms with van der Waals surface area (Å²) in [5.74, 6) is 1.04. The molecule has 0 radical (unpaired) electrons. The van der Waals surface area contributed by atoms with Crippen molar-refractivity contribution in [2.24, 2.45) is 5.92 Å². The van der Waals surface area contributed by atoms with Gasteiger partial charge >= 0.3 is 0 Å². The fourth-order valence-electron chi connectivity index (χ4n) is 2.12. The Morgan fingerprint density at radius 2 is 2.27 bits per heavy atom. The number of anilines is 1. The normalized spacial score (nSPS) is 17.6. The van der Waals surface area contributed by atoms with Crippen molar-refractivity contribution in [2.75, 3.05) is 5.32 Å². The Labute approximate surface area is 89.0 Å². The molecule has 2 rings (SSSR count). The van der Waals surface area contributed by atoms with Gasteiger partial charge in [-0.3, -0.25) is 10.1 Å². The summed E-state index contributed by atoms with van der Waals surface area (Å²) in [4.78, 5) is 11.6. The van der Waals surface area contributed by atoms with Gasteiger partial charge in [0.15, 0.2) is 0 Å². The monoisotopic (exact) mass is 208 g/mol. The van der Waals surface area contributed by atoms with Gasteiger partial charge in [0.2, 0.25) is 11.8 Å². The lowest BCUT2D eigenvalue weighted by Gasteiger charge is -2.20. The van der Waals surface area contributed by atoms with E-state index in [9.17, 15) is 4.79 Å². The van der Waals surface area contributed by atoms with Crippen molar-refractivity contribution in [2.45, 2.75) is 38.5 Å². The van der Waals surface area contributed by atoms with Crippen LogP contribution >= 0.6 is 0 Å². The number of nitrogens with one attached hydrogen (secondary N) is 1. The first kappa shape index (κ1) is 10.2. The smallest absolute Gasteiger partial charge is 0.231 e. The van der Waals surface area contributed by atoms with Crippen LogP contribution in [0.3, 0.4) is 0 Å². The molecule has 1 aliphatic rings. The second-order valence-corrected chi connectivity index (χ2v) is 4.13. The van der Waals surface area contributed by atoms with E-state index in [-0.39, 0.29) is 5.91 Å². The lowest BCUT2D eigenvalue weighted by atomic mass is 9.87. The van der Waals surface area contributed by atoms with Crippen LogP contribution in [0.25, 0.3) is 0 Å². The van der Waals surface area contributed by atoms with Gasteiger partial charge in [0.05, 0.1) is 6.20 Å². The number of carbonyl (C=O) groups is 1. The van der Waals surface area contributed by atoms with Crippen LogP contribution in [0, 0.1) is 5.92 Å². The topological polar surface area (TPSA) is 55.1 Å². The highest BCUT2D eigenvalue weighted by Gasteiger charge is 2.17. The Hall–Kier alpha value is -1.32. The van der Waals surface area contributed by atoms with E-state index in [0.29, 0.717) is 18.2 Å². The van der Waals surface area contributed by atoms with Crippen LogP contribution < -0.4 is 5.32 Å². The summed E-state index contributed by atoms with van der Waals surface area (Å²) >= 11 is 0. The van der Waals surface area contributed by atoms with Crippen molar-refractivity contribution in [3.05, 3.63) is 12.3 Å². The zero-order chi connectivity index (χ0) is 10.5. The lowest BCUT2D eigenvalue weighted by molar-refractivity contribution is -0.117. The molecule has 1 amide bonds. The fourth-order valence-corrected chi connectivity index (χ4v) is 2.12. The molecule has 1 aliphatic carbocycles. The molecule has 0 unspecified atom stereocenters. The van der Waals surface area contributed by atoms with Crippen LogP contribution in [0.2, 0.25) is 0 Å². The molecule has 0 saturated heterocycles. The fraction of sp³-hybridized carbons (Fsp3) is 0.636. The van der Waals surface area contributed by atoms with E-state index in [1.54, 1.807) is 6.07 Å². The molecule has 1 fully saturated rings. The summed E-state index contributed by atoms with van der Waals surface area (Å²) in [6.07, 6.45) is 8.35. The maximum Gasteiger partial charge on any atom is 0.231 e. The van der Waals surface area contributed by atoms with Crippen molar-refractivity contribution in [3.8, 4) is 0 Å². The number of hydrogen-bond donors (Lipinski definition) is 1. The van der Waals surface area contributed by atoms with Crippen LogP contribution in [-0.4, -0.2) is 11.1 Å². The van der Waals surface area contributed by atoms with Gasteiger partial charge in [-0.2, -0.15) is 0 Å². The minimum Gasteiger partial charge on any atom is -0.338 e. The lowest BCUT2D eigenvalue weighted by Crippen LogP contribution is -2.17. The molecule has 4 heteroatoms. The molecular formula is C11H16N2O2. The summed E-state index contributed by atoms with van der Waals surface area (Å²) in [5.41, 5.74) is 0. The van der Waals surface area contributed by atoms with Crippen LogP contribution in [0.15, 0.2) is 16.8 Å². The van der Waals surface area contributed by atoms with Gasteiger partial charge < -0.3 is 4.52 Å². The minimum absolute atomic E-state index is 0.0404. The van der Waals surface area contributed by atoms with Crippen LogP contribution in [0.5, 0.6) is 0 Å². The van der Waals surface area contributed by atoms with Crippen molar-refractivity contribution >= 4 is 11.8 Å². The maximum atomic E-state index is 11.6. The van der Waals surface area contributed by atoms with Crippen molar-refractivity contribution in [1.29, 1.82) is 0 Å². The van der Waals surface area contributed by atoms with Gasteiger partial charge in [-0.1, -0.05) is 24.4 Å². The number of amides is 1. The summed E-state index contributed by atoms with van der Waals surface area (Å²) < 4.78 is 4.81. The first-order chi connectivity index (χ1) is 7.34. The largest absolute Gasteiger partial charge is 0.338 e. The van der Waals surface area contributed by atoms with E-state index in [1.165, 1.54) is 38.3 Å². The van der Waals surface area contributed by atoms with E-state index < -0.39 is 0 Å². The molecule has 15 heavy (non-hydrogen) atoms. The molecule has 0 aromatic carbocycles. The Morgan fingerprint density at radius 1 is 1.47 bits per heavy atom. The zero-order valence-electron chi connectivity index (χ0n) is 8.74. The van der Waals surface area contributed by atoms with Gasteiger partial charge in [-0.15, -0.1) is 0 Å². The second-order valence-electron chi connectivity index (χ2n) is 4.13. The van der Waals surface area contributed by atoms with Gasteiger partial charge in [0.1, 0.15) is 0 Å². The highest BCUT2D eigenvalue weighted by molar-refractivity contribution is 5.89. The number of rotatable bonds is 3. The predicted octanol–water partition coefficient (Wildman–Crippen LogP) is 2.58. The molecule has 82 valence electrons. The Bertz CT molecular complexity index is 302. The van der Waals surface area contributed by atoms with E-state index >= 15 is 0 Å². The molecule has 0 atom stereocenters. The van der Waals surface area contributed by atoms with E-state index in [4.69, 9.17) is 4.52 Å². The molecule has 1 aromatic heterocycles. The minimum atomic E-state index is 0.0404. The van der Waals surface area contributed by atoms with Crippen LogP contribution in [-0.2, 0) is 4.79 Å². The summed E-state index contributed by atoms with van der Waals surface area (Å²) in [5, 5.41) is 6.23. The first-order valence-corrected chi connectivity index (χ1v) is 5.55. The van der Waals surface area contributed by atoms with Gasteiger partial charge in [0, 0.05) is 12.5 Å². The quantitative estimate of drug-likeness (QED) is 0.830. The van der Waals surface area contributed by atoms with Crippen molar-refractivity contribution in [1.82, 2.24) is 5.16 Å². The van der Waals surface area contributed by atoms with Crippen LogP contribution in [0.4, 0.5) is 5.88 Å². The maximum absolute atomic E-state index is 11.6. The summed E-state index contributed by atoms with van der Waals surface area (Å²) in [7, 11) is 0. The molecule has 0 spiro atoms. The Balaban J connectivity index is 1.76. The average Bonchev–Trinajstić information content (AvgIpc) is 2.71. The predicted molar refractivity (Wildman–Crippen MR) is 56.3 cm³/mol. The highest BCUT2D eigenvalue weighted by Crippen LogP contribution is 2.26. The Kier molecular flexibility index (Phi) is 3.37. The SMILES string of the molecule is O=C(CC1CCCCC1)Nc1ccno1. The second kappa shape index (κ2) is 4.96. The standard InChI is InChI=1S/C11H16N2O2/c14-10(13-11-6-7-12-15-11)8-9-4-2-1-3-5-9/h6-7,9H,1-5,8H2,(H,13,14). The molecular weight excluding hydrogens is 192 g/mol. The Morgan fingerprint density at radius 3 is 2.93 bits per heavy atom. The van der Waals surface area contributed by atoms with E-state index in [2.05, 4.69) is 10.5 Å². The third-order valence-electron chi connectivity index (χ3n) is 2.90. The van der Waals surface area contributed by atoms with Crippen LogP contribution in [0.1, 0.15) is 38.5 Å². The highest BCUT2D eigenvalue weighted by atomic mass is 16.5. The van der Waals surface area contributed by atoms with Crippen molar-refractivity contribution < 1.29 is 9.32 Å². The third kappa shape index (κ3) is 3.08. The molecule has 1 aromatic rings. The first-order valence-electron chi connectivity index (χ1n) is 5.55. The molecule has 1 N–H and O–H groups in total. The molecule has 0 aliphatic heterocycles. The van der Waals surface area contributed by atoms with Gasteiger partial charge in [-0.05, 0) is 18.8 Å². The molecule has 1 saturated carbocycles. The summed E-state index contributed by atoms with van der Waals surface area (Å²) in [6, 6.07) is 1.65. The number of nitrogens with zero attached hydrogens (tertiary/aromatic N) is 1. The van der Waals surface area contributed by atoms with Gasteiger partial charge in [0.25, 0.3) is 0 Å². The van der Waals surface area contributed by atoms with Gasteiger partial charge in [-0.25, -0.2) is 0 Å². The summed E-state index contributed by atoms with van der Waals surface area (Å²) in [6.45, 7) is 0. The van der Waals surface area contributed by atoms with E-state index in [0.717, 1.165) is 0 Å². The molecule has 0 bridgehead atoms. The van der Waals surface area contributed by atoms with Crippen molar-refractivity contribution in [3.63, 3.8) is 0 Å². The molecule has 4 nitrogen and oxygen atoms in total. The number of carbonyl (C=O) groups excluding carboxylic acids is 1. The number of hydrogen-bond acceptors (Lipinski definition) is 3. The van der Waals surface area contributed by atoms with E-state index in [1.807, 2.05) is 0 Å². The molecule has 1 heterocycles. The zero-order valence-corrected chi connectivity index (χ0v) is 8.74. The third-order valence-corrected chi connectivity index (χ3v) is 2.90. The average molecular weight is 208 g/mol.